The molecule has 1 aliphatic heterocycles. The first-order valence-electron chi connectivity index (χ1n) is 15.4. The molecular weight excluding hydrogens is 620 g/mol. The largest absolute Gasteiger partial charge is 0.444 e. The zero-order valence-electron chi connectivity index (χ0n) is 27.4. The molecular formula is C37H39F2N3O6. The molecule has 0 radical (unpaired) electrons. The number of carbonyl (C=O) groups is 3. The Hall–Kier alpha value is -5.05. The van der Waals surface area contributed by atoms with E-state index in [1.54, 1.807) is 51.1 Å². The van der Waals surface area contributed by atoms with Gasteiger partial charge in [-0.05, 0) is 50.6 Å². The molecule has 4 rings (SSSR count). The van der Waals surface area contributed by atoms with Crippen molar-refractivity contribution in [3.63, 3.8) is 0 Å². The quantitative estimate of drug-likeness (QED) is 0.196. The molecule has 1 unspecified atom stereocenters. The fourth-order valence-corrected chi connectivity index (χ4v) is 5.17. The van der Waals surface area contributed by atoms with Gasteiger partial charge < -0.3 is 24.4 Å². The highest BCUT2D eigenvalue weighted by molar-refractivity contribution is 6.16. The standard InChI is InChI=1S/C37H39F2N3O6/c1-36(2,3)48-34(44)40-19-20-41-35(45)42(33-30(38)22-29(23-31(33)39)18-17-28-14-9-6-10-15-28)32(43)24-37(41,25-46-4)26-47-21-11-16-27-12-7-5-8-13-27/h5-16,22-23H,19-21,24-26H2,1-4H3,(H,40,44)/b16-11+. The molecule has 4 amide bonds. The van der Waals surface area contributed by atoms with Gasteiger partial charge in [0.25, 0.3) is 0 Å². The predicted molar refractivity (Wildman–Crippen MR) is 178 cm³/mol. The second kappa shape index (κ2) is 16.2. The number of nitrogens with one attached hydrogen (secondary N) is 1. The van der Waals surface area contributed by atoms with Crippen molar-refractivity contribution in [2.75, 3.05) is 44.9 Å². The molecule has 1 saturated heterocycles. The van der Waals surface area contributed by atoms with E-state index in [1.807, 2.05) is 42.5 Å². The summed E-state index contributed by atoms with van der Waals surface area (Å²) in [7, 11) is 1.41. The molecule has 0 spiro atoms. The number of rotatable bonds is 11. The van der Waals surface area contributed by atoms with Gasteiger partial charge in [0.05, 0.1) is 26.2 Å². The van der Waals surface area contributed by atoms with E-state index in [-0.39, 0.29) is 44.9 Å². The molecule has 1 aliphatic rings. The van der Waals surface area contributed by atoms with Crippen molar-refractivity contribution in [1.82, 2.24) is 10.2 Å². The molecule has 1 fully saturated rings. The Balaban J connectivity index is 1.61. The summed E-state index contributed by atoms with van der Waals surface area (Å²) in [5.74, 6) is 2.42. The first-order chi connectivity index (χ1) is 22.9. The van der Waals surface area contributed by atoms with E-state index < -0.39 is 46.5 Å². The van der Waals surface area contributed by atoms with Crippen LogP contribution in [0.5, 0.6) is 0 Å². The summed E-state index contributed by atoms with van der Waals surface area (Å²) in [5, 5.41) is 2.59. The Morgan fingerprint density at radius 3 is 2.21 bits per heavy atom. The van der Waals surface area contributed by atoms with Crippen LogP contribution in [-0.4, -0.2) is 74.1 Å². The third-order valence-electron chi connectivity index (χ3n) is 7.20. The summed E-state index contributed by atoms with van der Waals surface area (Å²) in [6.45, 7) is 4.74. The average Bonchev–Trinajstić information content (AvgIpc) is 3.03. The number of hydrogen-bond acceptors (Lipinski definition) is 6. The Bertz CT molecular complexity index is 1660. The minimum atomic E-state index is -1.36. The van der Waals surface area contributed by atoms with Crippen LogP contribution >= 0.6 is 0 Å². The molecule has 11 heteroatoms. The first kappa shape index (κ1) is 35.8. The van der Waals surface area contributed by atoms with Crippen LogP contribution in [0.15, 0.2) is 78.9 Å². The van der Waals surface area contributed by atoms with Crippen LogP contribution in [0, 0.1) is 23.5 Å². The van der Waals surface area contributed by atoms with E-state index in [1.165, 1.54) is 12.0 Å². The third-order valence-corrected chi connectivity index (χ3v) is 7.20. The van der Waals surface area contributed by atoms with Gasteiger partial charge in [-0.1, -0.05) is 72.5 Å². The molecule has 3 aromatic rings. The number of hydrogen-bond donors (Lipinski definition) is 1. The van der Waals surface area contributed by atoms with Crippen molar-refractivity contribution >= 4 is 29.8 Å². The summed E-state index contributed by atoms with van der Waals surface area (Å²) in [6.07, 6.45) is 2.55. The summed E-state index contributed by atoms with van der Waals surface area (Å²) in [6, 6.07) is 19.4. The smallest absolute Gasteiger partial charge is 0.407 e. The van der Waals surface area contributed by atoms with Gasteiger partial charge in [-0.3, -0.25) is 4.79 Å². The van der Waals surface area contributed by atoms with E-state index in [9.17, 15) is 14.4 Å². The van der Waals surface area contributed by atoms with Crippen molar-refractivity contribution in [2.24, 2.45) is 0 Å². The maximum absolute atomic E-state index is 15.6. The van der Waals surface area contributed by atoms with Crippen molar-refractivity contribution in [1.29, 1.82) is 0 Å². The summed E-state index contributed by atoms with van der Waals surface area (Å²) in [4.78, 5) is 41.9. The van der Waals surface area contributed by atoms with Crippen LogP contribution in [0.4, 0.5) is 24.1 Å². The summed E-state index contributed by atoms with van der Waals surface area (Å²) < 4.78 is 47.8. The molecule has 252 valence electrons. The average molecular weight is 660 g/mol. The van der Waals surface area contributed by atoms with Gasteiger partial charge in [-0.25, -0.2) is 23.3 Å². The number of carbonyl (C=O) groups excluding carboxylic acids is 3. The minimum absolute atomic E-state index is 0.0265. The number of ether oxygens (including phenoxy) is 3. The zero-order chi connectivity index (χ0) is 34.7. The zero-order valence-corrected chi connectivity index (χ0v) is 27.4. The highest BCUT2D eigenvalue weighted by atomic mass is 19.1. The van der Waals surface area contributed by atoms with E-state index >= 15 is 8.78 Å². The number of urea groups is 1. The van der Waals surface area contributed by atoms with Crippen molar-refractivity contribution in [3.8, 4) is 11.8 Å². The number of alkyl carbamates (subject to hydrolysis) is 1. The highest BCUT2D eigenvalue weighted by Gasteiger charge is 2.51. The lowest BCUT2D eigenvalue weighted by atomic mass is 9.91. The first-order valence-corrected chi connectivity index (χ1v) is 15.4. The molecule has 1 heterocycles. The Morgan fingerprint density at radius 1 is 0.958 bits per heavy atom. The molecule has 3 aromatic carbocycles. The lowest BCUT2D eigenvalue weighted by Gasteiger charge is -2.48. The van der Waals surface area contributed by atoms with Gasteiger partial charge in [0.2, 0.25) is 5.91 Å². The Kier molecular flexibility index (Phi) is 12.1. The molecule has 0 bridgehead atoms. The summed E-state index contributed by atoms with van der Waals surface area (Å²) in [5.41, 5.74) is -1.31. The number of nitrogens with zero attached hydrogens (tertiary/aromatic N) is 2. The van der Waals surface area contributed by atoms with Crippen LogP contribution in [0.25, 0.3) is 6.08 Å². The SMILES string of the molecule is COCC1(COC/C=C/c2ccccc2)CC(=O)N(c2c(F)cc(C#Cc3ccccc3)cc2F)C(=O)N1CCNC(=O)OC(C)(C)C. The second-order valence-electron chi connectivity index (χ2n) is 12.2. The lowest BCUT2D eigenvalue weighted by Crippen LogP contribution is -2.68. The number of benzene rings is 3. The van der Waals surface area contributed by atoms with E-state index in [4.69, 9.17) is 14.2 Å². The number of amides is 4. The fourth-order valence-electron chi connectivity index (χ4n) is 5.17. The second-order valence-corrected chi connectivity index (χ2v) is 12.2. The molecule has 1 N–H and O–H groups in total. The monoisotopic (exact) mass is 659 g/mol. The molecule has 48 heavy (non-hydrogen) atoms. The van der Waals surface area contributed by atoms with E-state index in [2.05, 4.69) is 17.2 Å². The number of anilines is 1. The number of halogens is 2. The minimum Gasteiger partial charge on any atom is -0.444 e. The Labute approximate surface area is 279 Å². The van der Waals surface area contributed by atoms with Crippen LogP contribution in [0.2, 0.25) is 0 Å². The third kappa shape index (κ3) is 9.50. The van der Waals surface area contributed by atoms with Crippen LogP contribution in [0.3, 0.4) is 0 Å². The maximum Gasteiger partial charge on any atom is 0.407 e. The molecule has 1 atom stereocenters. The molecule has 9 nitrogen and oxygen atoms in total. The molecule has 0 aromatic heterocycles. The molecule has 0 saturated carbocycles. The topological polar surface area (TPSA) is 97.4 Å². The normalized spacial score (nSPS) is 16.5. The van der Waals surface area contributed by atoms with Crippen molar-refractivity contribution in [2.45, 2.75) is 38.3 Å². The Morgan fingerprint density at radius 2 is 1.58 bits per heavy atom. The van der Waals surface area contributed by atoms with Gasteiger partial charge in [0.15, 0.2) is 11.6 Å². The van der Waals surface area contributed by atoms with Gasteiger partial charge in [0, 0.05) is 31.3 Å². The number of imide groups is 1. The van der Waals surface area contributed by atoms with Crippen LogP contribution in [0.1, 0.15) is 43.9 Å². The highest BCUT2D eigenvalue weighted by Crippen LogP contribution is 2.35. The number of methoxy groups -OCH3 is 1. The maximum atomic E-state index is 15.6. The van der Waals surface area contributed by atoms with Gasteiger partial charge in [-0.2, -0.15) is 0 Å². The van der Waals surface area contributed by atoms with Gasteiger partial charge in [0.1, 0.15) is 16.8 Å². The van der Waals surface area contributed by atoms with Gasteiger partial charge in [-0.15, -0.1) is 0 Å². The van der Waals surface area contributed by atoms with Crippen LogP contribution in [-0.2, 0) is 19.0 Å². The predicted octanol–water partition coefficient (Wildman–Crippen LogP) is 6.16. The van der Waals surface area contributed by atoms with Crippen LogP contribution < -0.4 is 10.2 Å². The van der Waals surface area contributed by atoms with E-state index in [0.717, 1.165) is 17.7 Å². The van der Waals surface area contributed by atoms with E-state index in [0.29, 0.717) is 10.5 Å². The van der Waals surface area contributed by atoms with Crippen molar-refractivity contribution < 1.29 is 37.4 Å². The summed E-state index contributed by atoms with van der Waals surface area (Å²) >= 11 is 0. The molecule has 0 aliphatic carbocycles. The van der Waals surface area contributed by atoms with Crippen molar-refractivity contribution in [3.05, 3.63) is 107 Å². The fraction of sp³-hybridized carbons (Fsp3) is 0.324. The lowest BCUT2D eigenvalue weighted by molar-refractivity contribution is -0.127. The van der Waals surface area contributed by atoms with Gasteiger partial charge >= 0.3 is 12.1 Å².